The first-order valence-corrected chi connectivity index (χ1v) is 8.94. The summed E-state index contributed by atoms with van der Waals surface area (Å²) in [6.45, 7) is 7.49. The van der Waals surface area contributed by atoms with Gasteiger partial charge in [0.05, 0.1) is 5.56 Å². The molecule has 0 aliphatic carbocycles. The molecule has 0 heterocycles. The van der Waals surface area contributed by atoms with Gasteiger partial charge in [-0.15, -0.1) is 0 Å². The number of fused-ring (bicyclic) bond motifs is 1. The Kier molecular flexibility index (Phi) is 5.26. The van der Waals surface area contributed by atoms with E-state index in [1.165, 1.54) is 0 Å². The molecule has 4 heteroatoms. The van der Waals surface area contributed by atoms with E-state index in [2.05, 4.69) is 5.32 Å². The lowest BCUT2D eigenvalue weighted by molar-refractivity contribution is -0.123. The van der Waals surface area contributed by atoms with Gasteiger partial charge in [-0.3, -0.25) is 4.79 Å². The molecule has 1 amide bonds. The number of nitrogens with one attached hydrogen (secondary N) is 1. The number of rotatable bonds is 4. The number of benzene rings is 3. The predicted octanol–water partition coefficient (Wildman–Crippen LogP) is 4.95. The molecule has 1 unspecified atom stereocenters. The fraction of sp³-hybridized carbons (Fsp3) is 0.217. The first-order chi connectivity index (χ1) is 12.9. The summed E-state index contributed by atoms with van der Waals surface area (Å²) in [5, 5.41) is 4.65. The van der Waals surface area contributed by atoms with Gasteiger partial charge < -0.3 is 10.1 Å². The van der Waals surface area contributed by atoms with E-state index in [0.29, 0.717) is 5.56 Å². The molecule has 4 nitrogen and oxygen atoms in total. The summed E-state index contributed by atoms with van der Waals surface area (Å²) in [6.07, 6.45) is -0.906. The number of hydrogen-bond donors (Lipinski definition) is 1. The lowest BCUT2D eigenvalue weighted by Crippen LogP contribution is -2.30. The van der Waals surface area contributed by atoms with E-state index in [0.717, 1.165) is 33.2 Å². The standard InChI is InChI=1S/C23H23NO3/c1-14-12-15(2)21(16(3)13-14)24-22(25)17(4)27-23(26)20-11-7-9-18-8-5-6-10-19(18)20/h5-13,17H,1-4H3,(H,24,25). The molecule has 1 atom stereocenters. The van der Waals surface area contributed by atoms with Crippen molar-refractivity contribution in [3.63, 3.8) is 0 Å². The SMILES string of the molecule is Cc1cc(C)c(NC(=O)C(C)OC(=O)c2cccc3ccccc23)c(C)c1. The molecule has 0 bridgehead atoms. The Bertz CT molecular complexity index is 995. The average molecular weight is 361 g/mol. The third kappa shape index (κ3) is 4.00. The number of anilines is 1. The van der Waals surface area contributed by atoms with Crippen molar-refractivity contribution < 1.29 is 14.3 Å². The molecule has 0 fully saturated rings. The number of hydrogen-bond acceptors (Lipinski definition) is 3. The quantitative estimate of drug-likeness (QED) is 0.669. The fourth-order valence-electron chi connectivity index (χ4n) is 3.28. The van der Waals surface area contributed by atoms with Gasteiger partial charge in [-0.05, 0) is 55.7 Å². The molecule has 0 aliphatic rings. The second-order valence-corrected chi connectivity index (χ2v) is 6.84. The summed E-state index contributed by atoms with van der Waals surface area (Å²) < 4.78 is 5.43. The van der Waals surface area contributed by atoms with Crippen LogP contribution in [0.3, 0.4) is 0 Å². The first-order valence-electron chi connectivity index (χ1n) is 8.94. The zero-order chi connectivity index (χ0) is 19.6. The van der Waals surface area contributed by atoms with Crippen LogP contribution < -0.4 is 5.32 Å². The van der Waals surface area contributed by atoms with E-state index in [-0.39, 0.29) is 5.91 Å². The summed E-state index contributed by atoms with van der Waals surface area (Å²) in [7, 11) is 0. The molecule has 1 N–H and O–H groups in total. The van der Waals surface area contributed by atoms with Crippen molar-refractivity contribution in [3.05, 3.63) is 76.9 Å². The van der Waals surface area contributed by atoms with Gasteiger partial charge in [-0.2, -0.15) is 0 Å². The van der Waals surface area contributed by atoms with Crippen molar-refractivity contribution in [2.45, 2.75) is 33.8 Å². The van der Waals surface area contributed by atoms with Crippen molar-refractivity contribution in [1.29, 1.82) is 0 Å². The molecule has 0 aliphatic heterocycles. The third-order valence-corrected chi connectivity index (χ3v) is 4.59. The van der Waals surface area contributed by atoms with Gasteiger partial charge >= 0.3 is 5.97 Å². The second-order valence-electron chi connectivity index (χ2n) is 6.84. The van der Waals surface area contributed by atoms with Crippen molar-refractivity contribution in [2.24, 2.45) is 0 Å². The summed E-state index contributed by atoms with van der Waals surface area (Å²) in [5.74, 6) is -0.856. The minimum absolute atomic E-state index is 0.348. The monoisotopic (exact) mass is 361 g/mol. The van der Waals surface area contributed by atoms with Crippen molar-refractivity contribution in [1.82, 2.24) is 0 Å². The van der Waals surface area contributed by atoms with Gasteiger partial charge in [0.25, 0.3) is 5.91 Å². The maximum atomic E-state index is 12.6. The van der Waals surface area contributed by atoms with Crippen LogP contribution in [0.25, 0.3) is 10.8 Å². The smallest absolute Gasteiger partial charge is 0.339 e. The number of aryl methyl sites for hydroxylation is 3. The number of esters is 1. The van der Waals surface area contributed by atoms with Crippen LogP contribution in [0.5, 0.6) is 0 Å². The number of ether oxygens (including phenoxy) is 1. The van der Waals surface area contributed by atoms with E-state index in [1.807, 2.05) is 69.3 Å². The molecular weight excluding hydrogens is 338 g/mol. The molecule has 138 valence electrons. The van der Waals surface area contributed by atoms with Crippen LogP contribution in [0.15, 0.2) is 54.6 Å². The maximum Gasteiger partial charge on any atom is 0.339 e. The molecule has 0 saturated heterocycles. The molecule has 0 radical (unpaired) electrons. The van der Waals surface area contributed by atoms with Crippen molar-refractivity contribution >= 4 is 28.3 Å². The van der Waals surface area contributed by atoms with Crippen molar-refractivity contribution in [2.75, 3.05) is 5.32 Å². The molecule has 3 aromatic carbocycles. The minimum Gasteiger partial charge on any atom is -0.449 e. The number of amides is 1. The fourth-order valence-corrected chi connectivity index (χ4v) is 3.28. The van der Waals surface area contributed by atoms with E-state index in [9.17, 15) is 9.59 Å². The van der Waals surface area contributed by atoms with Gasteiger partial charge in [0.15, 0.2) is 6.10 Å². The van der Waals surface area contributed by atoms with Crippen molar-refractivity contribution in [3.8, 4) is 0 Å². The Morgan fingerprint density at radius 1 is 0.926 bits per heavy atom. The summed E-state index contributed by atoms with van der Waals surface area (Å²) in [4.78, 5) is 25.1. The molecule has 0 saturated carbocycles. The van der Waals surface area contributed by atoms with Crippen LogP contribution in [-0.2, 0) is 9.53 Å². The highest BCUT2D eigenvalue weighted by molar-refractivity contribution is 6.05. The van der Waals surface area contributed by atoms with Crippen LogP contribution >= 0.6 is 0 Å². The van der Waals surface area contributed by atoms with Gasteiger partial charge in [0.1, 0.15) is 0 Å². The number of carbonyl (C=O) groups excluding carboxylic acids is 2. The van der Waals surface area contributed by atoms with Crippen LogP contribution in [0.1, 0.15) is 34.0 Å². The molecule has 0 spiro atoms. The Morgan fingerprint density at radius 2 is 1.56 bits per heavy atom. The van der Waals surface area contributed by atoms with E-state index >= 15 is 0 Å². The van der Waals surface area contributed by atoms with Gasteiger partial charge in [0, 0.05) is 5.69 Å². The Balaban J connectivity index is 1.76. The summed E-state index contributed by atoms with van der Waals surface area (Å²) in [6, 6.07) is 17.1. The third-order valence-electron chi connectivity index (χ3n) is 4.59. The van der Waals surface area contributed by atoms with Gasteiger partial charge in [-0.1, -0.05) is 54.1 Å². The van der Waals surface area contributed by atoms with Gasteiger partial charge in [-0.25, -0.2) is 4.79 Å². The lowest BCUT2D eigenvalue weighted by Gasteiger charge is -2.17. The highest BCUT2D eigenvalue weighted by Gasteiger charge is 2.21. The lowest BCUT2D eigenvalue weighted by atomic mass is 10.0. The Labute approximate surface area is 159 Å². The Hall–Kier alpha value is -3.14. The van der Waals surface area contributed by atoms with Crippen LogP contribution in [0.4, 0.5) is 5.69 Å². The molecule has 0 aromatic heterocycles. The molecule has 3 rings (SSSR count). The topological polar surface area (TPSA) is 55.4 Å². The second kappa shape index (κ2) is 7.62. The molecule has 3 aromatic rings. The van der Waals surface area contributed by atoms with E-state index < -0.39 is 12.1 Å². The molecular formula is C23H23NO3. The summed E-state index contributed by atoms with van der Waals surface area (Å²) in [5.41, 5.74) is 4.31. The average Bonchev–Trinajstić information content (AvgIpc) is 2.63. The van der Waals surface area contributed by atoms with Crippen LogP contribution in [-0.4, -0.2) is 18.0 Å². The van der Waals surface area contributed by atoms with Crippen LogP contribution in [0, 0.1) is 20.8 Å². The highest BCUT2D eigenvalue weighted by atomic mass is 16.5. The van der Waals surface area contributed by atoms with Crippen LogP contribution in [0.2, 0.25) is 0 Å². The maximum absolute atomic E-state index is 12.6. The summed E-state index contributed by atoms with van der Waals surface area (Å²) >= 11 is 0. The zero-order valence-corrected chi connectivity index (χ0v) is 16.0. The van der Waals surface area contributed by atoms with E-state index in [1.54, 1.807) is 13.0 Å². The van der Waals surface area contributed by atoms with E-state index in [4.69, 9.17) is 4.74 Å². The first kappa shape index (κ1) is 18.6. The normalized spacial score (nSPS) is 11.9. The minimum atomic E-state index is -0.906. The van der Waals surface area contributed by atoms with Gasteiger partial charge in [0.2, 0.25) is 0 Å². The zero-order valence-electron chi connectivity index (χ0n) is 16.0. The molecule has 27 heavy (non-hydrogen) atoms. The predicted molar refractivity (Wildman–Crippen MR) is 108 cm³/mol. The highest BCUT2D eigenvalue weighted by Crippen LogP contribution is 2.23. The Morgan fingerprint density at radius 3 is 2.26 bits per heavy atom. The number of carbonyl (C=O) groups is 2. The largest absolute Gasteiger partial charge is 0.449 e.